The molecule has 21 heavy (non-hydrogen) atoms. The number of nitrogens with zero attached hydrogens (tertiary/aromatic N) is 1. The third-order valence-corrected chi connectivity index (χ3v) is 3.31. The van der Waals surface area contributed by atoms with Gasteiger partial charge >= 0.3 is 6.09 Å². The highest BCUT2D eigenvalue weighted by molar-refractivity contribution is 5.76. The third kappa shape index (κ3) is 4.63. The van der Waals surface area contributed by atoms with Gasteiger partial charge in [0.1, 0.15) is 6.61 Å². The quantitative estimate of drug-likeness (QED) is 0.806. The summed E-state index contributed by atoms with van der Waals surface area (Å²) in [7, 11) is 1.69. The van der Waals surface area contributed by atoms with E-state index in [2.05, 4.69) is 5.32 Å². The van der Waals surface area contributed by atoms with Crippen molar-refractivity contribution in [3.05, 3.63) is 48.0 Å². The molecule has 112 valence electrons. The van der Waals surface area contributed by atoms with Gasteiger partial charge in [-0.2, -0.15) is 0 Å². The Balaban J connectivity index is 2.13. The summed E-state index contributed by atoms with van der Waals surface area (Å²) in [5.74, 6) is -0.0431. The molecule has 1 atom stereocenters. The van der Waals surface area contributed by atoms with Gasteiger partial charge in [-0.15, -0.1) is 0 Å². The minimum Gasteiger partial charge on any atom is -0.447 e. The Bertz CT molecular complexity index is 514. The van der Waals surface area contributed by atoms with Gasteiger partial charge in [0.25, 0.3) is 0 Å². The SMILES string of the molecule is CN1C/C=C/CCC(=O)NC(c2ccccc2)COC1=O. The highest BCUT2D eigenvalue weighted by Gasteiger charge is 2.18. The van der Waals surface area contributed by atoms with Gasteiger partial charge in [0.15, 0.2) is 0 Å². The number of nitrogens with one attached hydrogen (secondary N) is 1. The number of ether oxygens (including phenoxy) is 1. The van der Waals surface area contributed by atoms with Crippen LogP contribution in [0.5, 0.6) is 0 Å². The molecule has 0 aliphatic carbocycles. The van der Waals surface area contributed by atoms with E-state index in [1.807, 2.05) is 42.5 Å². The topological polar surface area (TPSA) is 58.6 Å². The second-order valence-corrected chi connectivity index (χ2v) is 5.00. The number of benzene rings is 1. The second-order valence-electron chi connectivity index (χ2n) is 5.00. The van der Waals surface area contributed by atoms with E-state index in [-0.39, 0.29) is 18.6 Å². The molecule has 1 aromatic carbocycles. The standard InChI is InChI=1S/C16H20N2O3/c1-18-11-7-3-6-10-15(19)17-14(12-21-16(18)20)13-8-4-2-5-9-13/h2-5,7-9,14H,6,10-12H2,1H3,(H,17,19)/b7-3+. The molecule has 0 aromatic heterocycles. The zero-order chi connectivity index (χ0) is 15.1. The van der Waals surface area contributed by atoms with Crippen LogP contribution in [0.2, 0.25) is 0 Å². The van der Waals surface area contributed by atoms with Crippen LogP contribution in [0.15, 0.2) is 42.5 Å². The molecule has 1 N–H and O–H groups in total. The highest BCUT2D eigenvalue weighted by atomic mass is 16.6. The van der Waals surface area contributed by atoms with Crippen LogP contribution in [-0.4, -0.2) is 37.1 Å². The van der Waals surface area contributed by atoms with Gasteiger partial charge in [0.2, 0.25) is 5.91 Å². The monoisotopic (exact) mass is 288 g/mol. The van der Waals surface area contributed by atoms with Gasteiger partial charge in [0, 0.05) is 20.0 Å². The minimum absolute atomic E-state index is 0.0431. The Hall–Kier alpha value is -2.30. The summed E-state index contributed by atoms with van der Waals surface area (Å²) >= 11 is 0. The first kappa shape index (κ1) is 15.1. The summed E-state index contributed by atoms with van der Waals surface area (Å²) in [5.41, 5.74) is 0.925. The molecule has 2 amide bonds. The molecule has 5 nitrogen and oxygen atoms in total. The summed E-state index contributed by atoms with van der Waals surface area (Å²) in [6.45, 7) is 0.610. The number of hydrogen-bond donors (Lipinski definition) is 1. The maximum absolute atomic E-state index is 11.9. The molecule has 1 aromatic rings. The van der Waals surface area contributed by atoms with Gasteiger partial charge in [-0.1, -0.05) is 42.5 Å². The number of carbonyl (C=O) groups excluding carboxylic acids is 2. The molecular weight excluding hydrogens is 268 g/mol. The smallest absolute Gasteiger partial charge is 0.409 e. The molecule has 0 bridgehead atoms. The molecule has 1 aliphatic heterocycles. The number of carbonyl (C=O) groups is 2. The van der Waals surface area contributed by atoms with Gasteiger partial charge in [0.05, 0.1) is 6.04 Å². The van der Waals surface area contributed by atoms with E-state index in [0.29, 0.717) is 19.4 Å². The zero-order valence-corrected chi connectivity index (χ0v) is 12.1. The predicted octanol–water partition coefficient (Wildman–Crippen LogP) is 2.26. The lowest BCUT2D eigenvalue weighted by Gasteiger charge is -2.22. The van der Waals surface area contributed by atoms with Crippen LogP contribution in [0, 0.1) is 0 Å². The van der Waals surface area contributed by atoms with Crippen LogP contribution in [0.1, 0.15) is 24.4 Å². The van der Waals surface area contributed by atoms with E-state index in [1.54, 1.807) is 7.05 Å². The number of amides is 2. The number of cyclic esters (lactones) is 1. The zero-order valence-electron chi connectivity index (χ0n) is 12.1. The fourth-order valence-electron chi connectivity index (χ4n) is 2.08. The number of allylic oxidation sites excluding steroid dienone is 1. The molecule has 0 spiro atoms. The number of hydrogen-bond acceptors (Lipinski definition) is 3. The molecule has 2 rings (SSSR count). The molecule has 0 saturated heterocycles. The number of rotatable bonds is 1. The summed E-state index contributed by atoms with van der Waals surface area (Å²) in [6, 6.07) is 9.20. The summed E-state index contributed by atoms with van der Waals surface area (Å²) in [4.78, 5) is 25.3. The van der Waals surface area contributed by atoms with Crippen molar-refractivity contribution in [2.24, 2.45) is 0 Å². The maximum Gasteiger partial charge on any atom is 0.409 e. The first-order valence-corrected chi connectivity index (χ1v) is 7.04. The van der Waals surface area contributed by atoms with E-state index >= 15 is 0 Å². The molecule has 0 radical (unpaired) electrons. The Morgan fingerprint density at radius 3 is 2.71 bits per heavy atom. The van der Waals surface area contributed by atoms with Crippen molar-refractivity contribution in [3.63, 3.8) is 0 Å². The van der Waals surface area contributed by atoms with Gasteiger partial charge < -0.3 is 15.0 Å². The summed E-state index contributed by atoms with van der Waals surface area (Å²) in [5, 5.41) is 2.92. The van der Waals surface area contributed by atoms with E-state index in [4.69, 9.17) is 4.74 Å². The lowest BCUT2D eigenvalue weighted by atomic mass is 10.1. The first-order chi connectivity index (χ1) is 10.2. The highest BCUT2D eigenvalue weighted by Crippen LogP contribution is 2.14. The Morgan fingerprint density at radius 2 is 1.95 bits per heavy atom. The lowest BCUT2D eigenvalue weighted by Crippen LogP contribution is -2.35. The minimum atomic E-state index is -0.393. The fraction of sp³-hybridized carbons (Fsp3) is 0.375. The second kappa shape index (κ2) is 7.47. The van der Waals surface area contributed by atoms with E-state index in [9.17, 15) is 9.59 Å². The summed E-state index contributed by atoms with van der Waals surface area (Å²) < 4.78 is 5.28. The fourth-order valence-corrected chi connectivity index (χ4v) is 2.08. The van der Waals surface area contributed by atoms with Gasteiger partial charge in [-0.25, -0.2) is 4.79 Å². The average Bonchev–Trinajstić information content (AvgIpc) is 2.50. The predicted molar refractivity (Wildman–Crippen MR) is 79.7 cm³/mol. The van der Waals surface area contributed by atoms with Crippen molar-refractivity contribution in [2.75, 3.05) is 20.2 Å². The van der Waals surface area contributed by atoms with Crippen molar-refractivity contribution in [1.29, 1.82) is 0 Å². The average molecular weight is 288 g/mol. The van der Waals surface area contributed by atoms with Crippen molar-refractivity contribution in [1.82, 2.24) is 10.2 Å². The largest absolute Gasteiger partial charge is 0.447 e. The van der Waals surface area contributed by atoms with Crippen molar-refractivity contribution in [2.45, 2.75) is 18.9 Å². The molecular formula is C16H20N2O3. The summed E-state index contributed by atoms with van der Waals surface area (Å²) in [6.07, 6.45) is 4.47. The molecule has 0 saturated carbocycles. The lowest BCUT2D eigenvalue weighted by molar-refractivity contribution is -0.122. The maximum atomic E-state index is 11.9. The Morgan fingerprint density at radius 1 is 1.19 bits per heavy atom. The molecule has 1 unspecified atom stereocenters. The van der Waals surface area contributed by atoms with Crippen LogP contribution in [0.3, 0.4) is 0 Å². The van der Waals surface area contributed by atoms with Crippen LogP contribution < -0.4 is 5.32 Å². The molecule has 5 heteroatoms. The van der Waals surface area contributed by atoms with Crippen LogP contribution in [0.25, 0.3) is 0 Å². The first-order valence-electron chi connectivity index (χ1n) is 7.04. The Labute approximate surface area is 124 Å². The van der Waals surface area contributed by atoms with Gasteiger partial charge in [-0.3, -0.25) is 4.79 Å². The molecule has 1 aliphatic rings. The van der Waals surface area contributed by atoms with Crippen molar-refractivity contribution >= 4 is 12.0 Å². The van der Waals surface area contributed by atoms with Crippen LogP contribution in [0.4, 0.5) is 4.79 Å². The van der Waals surface area contributed by atoms with E-state index in [1.165, 1.54) is 4.90 Å². The van der Waals surface area contributed by atoms with Crippen LogP contribution in [-0.2, 0) is 9.53 Å². The molecule has 1 heterocycles. The molecule has 0 fully saturated rings. The van der Waals surface area contributed by atoms with Crippen molar-refractivity contribution < 1.29 is 14.3 Å². The van der Waals surface area contributed by atoms with E-state index < -0.39 is 6.09 Å². The Kier molecular flexibility index (Phi) is 5.37. The van der Waals surface area contributed by atoms with E-state index in [0.717, 1.165) is 5.56 Å². The van der Waals surface area contributed by atoms with Crippen LogP contribution >= 0.6 is 0 Å². The normalized spacial score (nSPS) is 22.5. The van der Waals surface area contributed by atoms with Gasteiger partial charge in [-0.05, 0) is 12.0 Å². The third-order valence-electron chi connectivity index (χ3n) is 3.31. The number of likely N-dealkylation sites (N-methyl/N-ethyl adjacent to an activating group) is 1. The van der Waals surface area contributed by atoms with Crippen molar-refractivity contribution in [3.8, 4) is 0 Å².